The maximum absolute atomic E-state index is 11.4. The zero-order chi connectivity index (χ0) is 12.4. The fourth-order valence-corrected chi connectivity index (χ4v) is 2.00. The topological polar surface area (TPSA) is 62.7 Å². The first kappa shape index (κ1) is 11.9. The van der Waals surface area contributed by atoms with E-state index in [1.165, 1.54) is 7.11 Å². The summed E-state index contributed by atoms with van der Waals surface area (Å²) in [6, 6.07) is 3.51. The van der Waals surface area contributed by atoms with Gasteiger partial charge in [0.25, 0.3) is 0 Å². The summed E-state index contributed by atoms with van der Waals surface area (Å²) < 4.78 is 4.67. The Balaban J connectivity index is 2.22. The second-order valence-corrected chi connectivity index (χ2v) is 4.18. The van der Waals surface area contributed by atoms with E-state index in [4.69, 9.17) is 0 Å². The summed E-state index contributed by atoms with van der Waals surface area (Å²) >= 11 is 0. The highest BCUT2D eigenvalue weighted by atomic mass is 16.5. The summed E-state index contributed by atoms with van der Waals surface area (Å²) in [6.45, 7) is 3.18. The van der Waals surface area contributed by atoms with Crippen molar-refractivity contribution < 1.29 is 14.6 Å². The number of ether oxygens (including phenoxy) is 1. The SMILES string of the molecule is COC(=O)c1ccc(N2CC[C@@H](O)C2)nc1C. The number of nitrogens with zero attached hydrogens (tertiary/aromatic N) is 2. The number of anilines is 1. The van der Waals surface area contributed by atoms with Gasteiger partial charge in [-0.15, -0.1) is 0 Å². The number of aryl methyl sites for hydroxylation is 1. The van der Waals surface area contributed by atoms with Crippen LogP contribution in [0.1, 0.15) is 22.5 Å². The Kier molecular flexibility index (Phi) is 3.28. The second-order valence-electron chi connectivity index (χ2n) is 4.18. The van der Waals surface area contributed by atoms with Gasteiger partial charge in [0, 0.05) is 13.1 Å². The van der Waals surface area contributed by atoms with E-state index in [2.05, 4.69) is 9.72 Å². The number of esters is 1. The van der Waals surface area contributed by atoms with E-state index in [9.17, 15) is 9.90 Å². The Morgan fingerprint density at radius 2 is 2.35 bits per heavy atom. The molecule has 0 spiro atoms. The van der Waals surface area contributed by atoms with Crippen LogP contribution in [0.3, 0.4) is 0 Å². The van der Waals surface area contributed by atoms with E-state index >= 15 is 0 Å². The van der Waals surface area contributed by atoms with Crippen LogP contribution in [0.4, 0.5) is 5.82 Å². The minimum atomic E-state index is -0.372. The predicted molar refractivity (Wildman–Crippen MR) is 63.2 cm³/mol. The average Bonchev–Trinajstić information content (AvgIpc) is 2.75. The van der Waals surface area contributed by atoms with Crippen LogP contribution in [0.5, 0.6) is 0 Å². The van der Waals surface area contributed by atoms with Crippen molar-refractivity contribution in [2.45, 2.75) is 19.4 Å². The highest BCUT2D eigenvalue weighted by Crippen LogP contribution is 2.20. The second kappa shape index (κ2) is 4.71. The van der Waals surface area contributed by atoms with Crippen molar-refractivity contribution in [1.29, 1.82) is 0 Å². The third-order valence-corrected chi connectivity index (χ3v) is 2.96. The van der Waals surface area contributed by atoms with E-state index in [1.54, 1.807) is 19.1 Å². The Labute approximate surface area is 100 Å². The number of β-amino-alcohol motifs (C(OH)–C–C–N with tert-alkyl or cyclic N) is 1. The molecule has 1 N–H and O–H groups in total. The number of hydrogen-bond donors (Lipinski definition) is 1. The molecule has 1 fully saturated rings. The molecule has 2 heterocycles. The first-order valence-corrected chi connectivity index (χ1v) is 5.61. The molecule has 0 unspecified atom stereocenters. The van der Waals surface area contributed by atoms with Gasteiger partial charge in [-0.3, -0.25) is 0 Å². The van der Waals surface area contributed by atoms with Gasteiger partial charge in [-0.1, -0.05) is 0 Å². The zero-order valence-corrected chi connectivity index (χ0v) is 10.0. The van der Waals surface area contributed by atoms with Crippen molar-refractivity contribution in [3.63, 3.8) is 0 Å². The van der Waals surface area contributed by atoms with E-state index in [-0.39, 0.29) is 12.1 Å². The number of pyridine rings is 1. The van der Waals surface area contributed by atoms with Crippen LogP contribution in [0.25, 0.3) is 0 Å². The van der Waals surface area contributed by atoms with Gasteiger partial charge in [-0.05, 0) is 25.5 Å². The first-order valence-electron chi connectivity index (χ1n) is 5.61. The summed E-state index contributed by atoms with van der Waals surface area (Å²) in [6.07, 6.45) is 0.483. The fourth-order valence-electron chi connectivity index (χ4n) is 2.00. The quantitative estimate of drug-likeness (QED) is 0.768. The maximum atomic E-state index is 11.4. The predicted octanol–water partition coefficient (Wildman–Crippen LogP) is 0.748. The normalized spacial score (nSPS) is 19.5. The summed E-state index contributed by atoms with van der Waals surface area (Å²) in [5, 5.41) is 9.47. The van der Waals surface area contributed by atoms with E-state index in [0.717, 1.165) is 18.8 Å². The Morgan fingerprint density at radius 1 is 1.59 bits per heavy atom. The van der Waals surface area contributed by atoms with Gasteiger partial charge in [0.15, 0.2) is 0 Å². The van der Waals surface area contributed by atoms with Crippen LogP contribution < -0.4 is 4.90 Å². The molecule has 0 radical (unpaired) electrons. The number of aliphatic hydroxyl groups excluding tert-OH is 1. The molecule has 0 saturated carbocycles. The molecule has 0 bridgehead atoms. The Hall–Kier alpha value is -1.62. The molecular formula is C12H16N2O3. The summed E-state index contributed by atoms with van der Waals surface area (Å²) in [5.41, 5.74) is 1.13. The number of carbonyl (C=O) groups excluding carboxylic acids is 1. The molecule has 1 aromatic rings. The van der Waals surface area contributed by atoms with Gasteiger partial charge in [-0.25, -0.2) is 9.78 Å². The van der Waals surface area contributed by atoms with Crippen molar-refractivity contribution in [2.75, 3.05) is 25.1 Å². The van der Waals surface area contributed by atoms with E-state index < -0.39 is 0 Å². The van der Waals surface area contributed by atoms with Crippen molar-refractivity contribution in [1.82, 2.24) is 4.98 Å². The van der Waals surface area contributed by atoms with Crippen LogP contribution in [-0.4, -0.2) is 42.4 Å². The minimum absolute atomic E-state index is 0.280. The summed E-state index contributed by atoms with van der Waals surface area (Å²) in [4.78, 5) is 17.8. The zero-order valence-electron chi connectivity index (χ0n) is 10.0. The molecule has 1 aliphatic heterocycles. The number of methoxy groups -OCH3 is 1. The van der Waals surface area contributed by atoms with Crippen LogP contribution in [0.15, 0.2) is 12.1 Å². The van der Waals surface area contributed by atoms with Crippen molar-refractivity contribution in [3.8, 4) is 0 Å². The van der Waals surface area contributed by atoms with Crippen molar-refractivity contribution >= 4 is 11.8 Å². The van der Waals surface area contributed by atoms with Crippen molar-refractivity contribution in [3.05, 3.63) is 23.4 Å². The molecule has 5 heteroatoms. The summed E-state index contributed by atoms with van der Waals surface area (Å²) in [7, 11) is 1.35. The van der Waals surface area contributed by atoms with Crippen LogP contribution in [0, 0.1) is 6.92 Å². The Bertz CT molecular complexity index is 434. The molecule has 2 rings (SSSR count). The molecule has 0 aromatic carbocycles. The molecule has 5 nitrogen and oxygen atoms in total. The van der Waals surface area contributed by atoms with Crippen LogP contribution in [0.2, 0.25) is 0 Å². The van der Waals surface area contributed by atoms with E-state index in [0.29, 0.717) is 17.8 Å². The van der Waals surface area contributed by atoms with Gasteiger partial charge in [0.2, 0.25) is 0 Å². The molecule has 0 aliphatic carbocycles. The molecular weight excluding hydrogens is 220 g/mol. The molecule has 1 saturated heterocycles. The molecule has 1 aromatic heterocycles. The Morgan fingerprint density at radius 3 is 2.88 bits per heavy atom. The lowest BCUT2D eigenvalue weighted by molar-refractivity contribution is 0.0599. The highest BCUT2D eigenvalue weighted by molar-refractivity contribution is 5.90. The molecule has 0 amide bonds. The summed E-state index contributed by atoms with van der Waals surface area (Å²) in [5.74, 6) is 0.426. The number of carbonyl (C=O) groups is 1. The lowest BCUT2D eigenvalue weighted by Gasteiger charge is -2.17. The third-order valence-electron chi connectivity index (χ3n) is 2.96. The highest BCUT2D eigenvalue weighted by Gasteiger charge is 2.22. The van der Waals surface area contributed by atoms with Gasteiger partial charge in [0.05, 0.1) is 24.5 Å². The number of aromatic nitrogens is 1. The van der Waals surface area contributed by atoms with Crippen LogP contribution >= 0.6 is 0 Å². The average molecular weight is 236 g/mol. The van der Waals surface area contributed by atoms with Gasteiger partial charge >= 0.3 is 5.97 Å². The molecule has 1 atom stereocenters. The smallest absolute Gasteiger partial charge is 0.339 e. The minimum Gasteiger partial charge on any atom is -0.465 e. The van der Waals surface area contributed by atoms with Crippen LogP contribution in [-0.2, 0) is 4.74 Å². The molecule has 1 aliphatic rings. The standard InChI is InChI=1S/C12H16N2O3/c1-8-10(12(16)17-2)3-4-11(13-8)14-6-5-9(15)7-14/h3-4,9,15H,5-7H2,1-2H3/t9-/m1/s1. The lowest BCUT2D eigenvalue weighted by atomic mass is 10.2. The van der Waals surface area contributed by atoms with E-state index in [1.807, 2.05) is 4.90 Å². The van der Waals surface area contributed by atoms with Gasteiger partial charge < -0.3 is 14.7 Å². The van der Waals surface area contributed by atoms with Gasteiger partial charge in [0.1, 0.15) is 5.82 Å². The fraction of sp³-hybridized carbons (Fsp3) is 0.500. The first-order chi connectivity index (χ1) is 8.11. The number of hydrogen-bond acceptors (Lipinski definition) is 5. The van der Waals surface area contributed by atoms with Gasteiger partial charge in [-0.2, -0.15) is 0 Å². The van der Waals surface area contributed by atoms with Crippen molar-refractivity contribution in [2.24, 2.45) is 0 Å². The lowest BCUT2D eigenvalue weighted by Crippen LogP contribution is -2.22. The number of rotatable bonds is 2. The largest absolute Gasteiger partial charge is 0.465 e. The third kappa shape index (κ3) is 2.39. The maximum Gasteiger partial charge on any atom is 0.339 e. The number of aliphatic hydroxyl groups is 1. The molecule has 92 valence electrons. The molecule has 17 heavy (non-hydrogen) atoms. The monoisotopic (exact) mass is 236 g/mol.